The molecule has 0 aromatic heterocycles. The van der Waals surface area contributed by atoms with Gasteiger partial charge in [0.1, 0.15) is 5.82 Å². The van der Waals surface area contributed by atoms with E-state index in [2.05, 4.69) is 5.32 Å². The fourth-order valence-corrected chi connectivity index (χ4v) is 1.72. The van der Waals surface area contributed by atoms with Gasteiger partial charge >= 0.3 is 0 Å². The molecule has 0 aliphatic carbocycles. The Morgan fingerprint density at radius 2 is 1.95 bits per heavy atom. The highest BCUT2D eigenvalue weighted by Gasteiger charge is 2.00. The SMILES string of the molecule is O=C(/C=C/c1ccccc1F)Nc1cccc(Cl)c1. The molecule has 0 unspecified atom stereocenters. The Labute approximate surface area is 115 Å². The molecule has 96 valence electrons. The summed E-state index contributed by atoms with van der Waals surface area (Å²) in [6.45, 7) is 0. The first-order valence-electron chi connectivity index (χ1n) is 5.64. The van der Waals surface area contributed by atoms with Crippen molar-refractivity contribution in [2.24, 2.45) is 0 Å². The van der Waals surface area contributed by atoms with Gasteiger partial charge < -0.3 is 5.32 Å². The summed E-state index contributed by atoms with van der Waals surface area (Å²) in [5, 5.41) is 3.18. The summed E-state index contributed by atoms with van der Waals surface area (Å²) < 4.78 is 13.3. The first kappa shape index (κ1) is 13.3. The van der Waals surface area contributed by atoms with E-state index in [0.29, 0.717) is 16.3 Å². The molecule has 2 nitrogen and oxygen atoms in total. The number of nitrogens with one attached hydrogen (secondary N) is 1. The largest absolute Gasteiger partial charge is 0.322 e. The molecule has 0 radical (unpaired) electrons. The van der Waals surface area contributed by atoms with Crippen LogP contribution < -0.4 is 5.32 Å². The zero-order chi connectivity index (χ0) is 13.7. The third kappa shape index (κ3) is 3.93. The lowest BCUT2D eigenvalue weighted by Crippen LogP contribution is -2.07. The van der Waals surface area contributed by atoms with E-state index in [0.717, 1.165) is 0 Å². The van der Waals surface area contributed by atoms with E-state index in [9.17, 15) is 9.18 Å². The minimum atomic E-state index is -0.366. The van der Waals surface area contributed by atoms with Crippen molar-refractivity contribution in [3.05, 3.63) is 71.0 Å². The molecule has 4 heteroatoms. The van der Waals surface area contributed by atoms with Gasteiger partial charge in [-0.15, -0.1) is 0 Å². The molecular weight excluding hydrogens is 265 g/mol. The highest BCUT2D eigenvalue weighted by atomic mass is 35.5. The molecule has 0 aliphatic rings. The average Bonchev–Trinajstić information content (AvgIpc) is 2.38. The predicted molar refractivity (Wildman–Crippen MR) is 75.5 cm³/mol. The Balaban J connectivity index is 2.04. The van der Waals surface area contributed by atoms with Gasteiger partial charge in [-0.3, -0.25) is 4.79 Å². The Morgan fingerprint density at radius 3 is 2.68 bits per heavy atom. The van der Waals surface area contributed by atoms with Crippen LogP contribution >= 0.6 is 11.6 Å². The molecule has 0 aliphatic heterocycles. The third-order valence-corrected chi connectivity index (χ3v) is 2.65. The number of amides is 1. The van der Waals surface area contributed by atoms with Gasteiger partial charge in [-0.2, -0.15) is 0 Å². The van der Waals surface area contributed by atoms with Crippen molar-refractivity contribution in [2.45, 2.75) is 0 Å². The van der Waals surface area contributed by atoms with E-state index >= 15 is 0 Å². The lowest BCUT2D eigenvalue weighted by Gasteiger charge is -2.02. The first-order chi connectivity index (χ1) is 9.15. The minimum absolute atomic E-state index is 0.342. The highest BCUT2D eigenvalue weighted by Crippen LogP contribution is 2.15. The van der Waals surface area contributed by atoms with Gasteiger partial charge in [-0.25, -0.2) is 4.39 Å². The molecule has 0 saturated heterocycles. The molecule has 2 rings (SSSR count). The second-order valence-corrected chi connectivity index (χ2v) is 4.29. The van der Waals surface area contributed by atoms with Gasteiger partial charge in [0.15, 0.2) is 0 Å². The van der Waals surface area contributed by atoms with Gasteiger partial charge in [-0.1, -0.05) is 35.9 Å². The molecular formula is C15H11ClFNO. The second-order valence-electron chi connectivity index (χ2n) is 3.85. The zero-order valence-corrected chi connectivity index (χ0v) is 10.7. The zero-order valence-electron chi connectivity index (χ0n) is 9.94. The van der Waals surface area contributed by atoms with Gasteiger partial charge in [0.25, 0.3) is 0 Å². The Bertz CT molecular complexity index is 625. The summed E-state index contributed by atoms with van der Waals surface area (Å²) in [7, 11) is 0. The molecule has 2 aromatic rings. The van der Waals surface area contributed by atoms with Crippen LogP contribution in [0, 0.1) is 5.82 Å². The molecule has 0 spiro atoms. The number of anilines is 1. The normalized spacial score (nSPS) is 10.6. The van der Waals surface area contributed by atoms with E-state index in [4.69, 9.17) is 11.6 Å². The topological polar surface area (TPSA) is 29.1 Å². The maximum absolute atomic E-state index is 13.3. The maximum Gasteiger partial charge on any atom is 0.248 e. The van der Waals surface area contributed by atoms with Crippen LogP contribution in [0.1, 0.15) is 5.56 Å². The van der Waals surface area contributed by atoms with Gasteiger partial charge in [0.05, 0.1) is 0 Å². The van der Waals surface area contributed by atoms with Crippen LogP contribution in [0.3, 0.4) is 0 Å². The second kappa shape index (κ2) is 6.16. The highest BCUT2D eigenvalue weighted by molar-refractivity contribution is 6.30. The lowest BCUT2D eigenvalue weighted by atomic mass is 10.2. The van der Waals surface area contributed by atoms with E-state index in [-0.39, 0.29) is 11.7 Å². The molecule has 0 fully saturated rings. The van der Waals surface area contributed by atoms with E-state index < -0.39 is 0 Å². The van der Waals surface area contributed by atoms with Crippen LogP contribution in [0.5, 0.6) is 0 Å². The Hall–Kier alpha value is -2.13. The summed E-state index contributed by atoms with van der Waals surface area (Å²) in [4.78, 5) is 11.6. The number of carbonyl (C=O) groups excluding carboxylic acids is 1. The monoisotopic (exact) mass is 275 g/mol. The van der Waals surface area contributed by atoms with Crippen LogP contribution in [0.25, 0.3) is 6.08 Å². The molecule has 0 saturated carbocycles. The standard InChI is InChI=1S/C15H11ClFNO/c16-12-5-3-6-13(10-12)18-15(19)9-8-11-4-1-2-7-14(11)17/h1-10H,(H,18,19)/b9-8+. The third-order valence-electron chi connectivity index (χ3n) is 2.41. The van der Waals surface area contributed by atoms with Crippen molar-refractivity contribution in [1.82, 2.24) is 0 Å². The number of halogens is 2. The van der Waals surface area contributed by atoms with Crippen molar-refractivity contribution in [2.75, 3.05) is 5.32 Å². The average molecular weight is 276 g/mol. The Morgan fingerprint density at radius 1 is 1.16 bits per heavy atom. The minimum Gasteiger partial charge on any atom is -0.322 e. The molecule has 0 atom stereocenters. The van der Waals surface area contributed by atoms with E-state index in [1.54, 1.807) is 42.5 Å². The van der Waals surface area contributed by atoms with Gasteiger partial charge in [-0.05, 0) is 30.3 Å². The summed E-state index contributed by atoms with van der Waals surface area (Å²) in [6.07, 6.45) is 2.70. The fourth-order valence-electron chi connectivity index (χ4n) is 1.53. The molecule has 19 heavy (non-hydrogen) atoms. The summed E-state index contributed by atoms with van der Waals surface area (Å²) in [5.74, 6) is -0.708. The molecule has 2 aromatic carbocycles. The molecule has 1 N–H and O–H groups in total. The van der Waals surface area contributed by atoms with Crippen molar-refractivity contribution in [3.8, 4) is 0 Å². The van der Waals surface area contributed by atoms with E-state index in [1.807, 2.05) is 0 Å². The Kier molecular flexibility index (Phi) is 4.31. The molecule has 1 amide bonds. The van der Waals surface area contributed by atoms with Crippen molar-refractivity contribution >= 4 is 29.3 Å². The first-order valence-corrected chi connectivity index (χ1v) is 6.02. The van der Waals surface area contributed by atoms with E-state index in [1.165, 1.54) is 18.2 Å². The van der Waals surface area contributed by atoms with Crippen LogP contribution in [-0.2, 0) is 4.79 Å². The number of hydrogen-bond donors (Lipinski definition) is 1. The molecule has 0 bridgehead atoms. The van der Waals surface area contributed by atoms with Crippen LogP contribution in [0.4, 0.5) is 10.1 Å². The van der Waals surface area contributed by atoms with Crippen molar-refractivity contribution < 1.29 is 9.18 Å². The van der Waals surface area contributed by atoms with Crippen LogP contribution in [0.2, 0.25) is 5.02 Å². The smallest absolute Gasteiger partial charge is 0.248 e. The number of rotatable bonds is 3. The molecule has 0 heterocycles. The summed E-state index contributed by atoms with van der Waals surface area (Å²) in [6, 6.07) is 13.0. The van der Waals surface area contributed by atoms with Gasteiger partial charge in [0, 0.05) is 22.3 Å². The van der Waals surface area contributed by atoms with Crippen LogP contribution in [-0.4, -0.2) is 5.91 Å². The lowest BCUT2D eigenvalue weighted by molar-refractivity contribution is -0.111. The summed E-state index contributed by atoms with van der Waals surface area (Å²) in [5.41, 5.74) is 0.958. The quantitative estimate of drug-likeness (QED) is 0.839. The number of hydrogen-bond acceptors (Lipinski definition) is 1. The fraction of sp³-hybridized carbons (Fsp3) is 0. The number of benzene rings is 2. The van der Waals surface area contributed by atoms with Crippen LogP contribution in [0.15, 0.2) is 54.6 Å². The maximum atomic E-state index is 13.3. The number of carbonyl (C=O) groups is 1. The van der Waals surface area contributed by atoms with Gasteiger partial charge in [0.2, 0.25) is 5.91 Å². The predicted octanol–water partition coefficient (Wildman–Crippen LogP) is 4.13. The van der Waals surface area contributed by atoms with Crippen molar-refractivity contribution in [3.63, 3.8) is 0 Å². The van der Waals surface area contributed by atoms with Crippen molar-refractivity contribution in [1.29, 1.82) is 0 Å². The summed E-state index contributed by atoms with van der Waals surface area (Å²) >= 11 is 5.80.